The first-order valence-corrected chi connectivity index (χ1v) is 9.10. The van der Waals surface area contributed by atoms with Crippen molar-refractivity contribution >= 4 is 5.91 Å². The van der Waals surface area contributed by atoms with Crippen LogP contribution in [0.15, 0.2) is 12.4 Å². The van der Waals surface area contributed by atoms with Crippen LogP contribution in [0.4, 0.5) is 0 Å². The van der Waals surface area contributed by atoms with Gasteiger partial charge >= 0.3 is 0 Å². The number of likely N-dealkylation sites (tertiary alicyclic amines) is 1. The average molecular weight is 318 g/mol. The summed E-state index contributed by atoms with van der Waals surface area (Å²) in [5, 5.41) is 4.21. The fraction of sp³-hybridized carbons (Fsp3) is 0.778. The van der Waals surface area contributed by atoms with E-state index in [1.165, 1.54) is 31.2 Å². The molecule has 0 aromatic carbocycles. The molecule has 5 heteroatoms. The summed E-state index contributed by atoms with van der Waals surface area (Å²) in [6, 6.07) is 0. The number of carbonyl (C=O) groups is 1. The second-order valence-electron chi connectivity index (χ2n) is 7.29. The van der Waals surface area contributed by atoms with Crippen molar-refractivity contribution in [3.05, 3.63) is 18.0 Å². The second-order valence-corrected chi connectivity index (χ2v) is 7.29. The number of hydrogen-bond acceptors (Lipinski definition) is 3. The van der Waals surface area contributed by atoms with E-state index in [9.17, 15) is 4.79 Å². The molecule has 0 bridgehead atoms. The Hall–Kier alpha value is -1.36. The molecule has 1 aliphatic heterocycles. The maximum absolute atomic E-state index is 13.2. The number of carbonyl (C=O) groups excluding carboxylic acids is 1. The first-order chi connectivity index (χ1) is 11.1. The third kappa shape index (κ3) is 3.44. The Balaban J connectivity index is 1.56. The van der Waals surface area contributed by atoms with E-state index in [1.807, 2.05) is 29.9 Å². The van der Waals surface area contributed by atoms with Gasteiger partial charge in [0.05, 0.1) is 6.20 Å². The van der Waals surface area contributed by atoms with Crippen LogP contribution in [0.25, 0.3) is 0 Å². The predicted molar refractivity (Wildman–Crippen MR) is 91.2 cm³/mol. The average Bonchev–Trinajstić information content (AvgIpc) is 3.28. The van der Waals surface area contributed by atoms with Gasteiger partial charge in [-0.2, -0.15) is 5.10 Å². The van der Waals surface area contributed by atoms with Crippen molar-refractivity contribution in [3.8, 4) is 0 Å². The number of aryl methyl sites for hydroxylation is 2. The quantitative estimate of drug-likeness (QED) is 0.807. The number of nitrogens with zero attached hydrogens (tertiary/aromatic N) is 4. The lowest BCUT2D eigenvalue weighted by Gasteiger charge is -2.40. The Morgan fingerprint density at radius 1 is 1.26 bits per heavy atom. The van der Waals surface area contributed by atoms with Crippen LogP contribution < -0.4 is 0 Å². The molecule has 0 N–H and O–H groups in total. The molecule has 0 radical (unpaired) electrons. The zero-order valence-corrected chi connectivity index (χ0v) is 14.6. The van der Waals surface area contributed by atoms with Crippen LogP contribution in [0.1, 0.15) is 50.5 Å². The molecular formula is C18H30N4O. The maximum Gasteiger partial charge on any atom is 0.242 e. The van der Waals surface area contributed by atoms with Crippen LogP contribution in [0.5, 0.6) is 0 Å². The fourth-order valence-electron chi connectivity index (χ4n) is 4.35. The third-order valence-corrected chi connectivity index (χ3v) is 5.60. The highest BCUT2D eigenvalue weighted by Crippen LogP contribution is 2.38. The predicted octanol–water partition coefficient (Wildman–Crippen LogP) is 2.22. The van der Waals surface area contributed by atoms with Gasteiger partial charge in [-0.3, -0.25) is 14.4 Å². The van der Waals surface area contributed by atoms with Gasteiger partial charge in [0.25, 0.3) is 0 Å². The lowest BCUT2D eigenvalue weighted by molar-refractivity contribution is -0.142. The van der Waals surface area contributed by atoms with E-state index in [0.29, 0.717) is 5.91 Å². The lowest BCUT2D eigenvalue weighted by atomic mass is 9.93. The molecule has 2 heterocycles. The summed E-state index contributed by atoms with van der Waals surface area (Å²) in [5.74, 6) is 0.364. The van der Waals surface area contributed by atoms with Crippen molar-refractivity contribution in [2.24, 2.45) is 7.05 Å². The smallest absolute Gasteiger partial charge is 0.242 e. The Labute approximate surface area is 139 Å². The summed E-state index contributed by atoms with van der Waals surface area (Å²) in [5.41, 5.74) is 1.07. The number of aromatic nitrogens is 2. The zero-order chi connectivity index (χ0) is 16.3. The maximum atomic E-state index is 13.2. The highest BCUT2D eigenvalue weighted by Gasteiger charge is 2.47. The minimum absolute atomic E-state index is 0.181. The van der Waals surface area contributed by atoms with E-state index in [1.54, 1.807) is 0 Å². The molecule has 3 rings (SSSR count). The van der Waals surface area contributed by atoms with Crippen molar-refractivity contribution < 1.29 is 4.79 Å². The van der Waals surface area contributed by atoms with Crippen molar-refractivity contribution in [2.45, 2.75) is 56.9 Å². The Kier molecular flexibility index (Phi) is 5.05. The highest BCUT2D eigenvalue weighted by molar-refractivity contribution is 5.86. The summed E-state index contributed by atoms with van der Waals surface area (Å²) in [4.78, 5) is 17.6. The molecule has 1 saturated heterocycles. The molecule has 23 heavy (non-hydrogen) atoms. The highest BCUT2D eigenvalue weighted by atomic mass is 16.2. The van der Waals surface area contributed by atoms with Crippen LogP contribution in [0, 0.1) is 0 Å². The van der Waals surface area contributed by atoms with E-state index in [-0.39, 0.29) is 5.54 Å². The van der Waals surface area contributed by atoms with Gasteiger partial charge < -0.3 is 4.90 Å². The molecule has 2 fully saturated rings. The third-order valence-electron chi connectivity index (χ3n) is 5.60. The summed E-state index contributed by atoms with van der Waals surface area (Å²) in [7, 11) is 3.93. The van der Waals surface area contributed by atoms with E-state index < -0.39 is 0 Å². The van der Waals surface area contributed by atoms with E-state index in [0.717, 1.165) is 45.3 Å². The van der Waals surface area contributed by atoms with Gasteiger partial charge in [0.15, 0.2) is 0 Å². The summed E-state index contributed by atoms with van der Waals surface area (Å²) in [6.07, 6.45) is 13.0. The van der Waals surface area contributed by atoms with Gasteiger partial charge in [-0.1, -0.05) is 12.8 Å². The normalized spacial score (nSPS) is 21.0. The monoisotopic (exact) mass is 318 g/mol. The van der Waals surface area contributed by atoms with E-state index in [2.05, 4.69) is 16.2 Å². The van der Waals surface area contributed by atoms with Crippen LogP contribution in [0.2, 0.25) is 0 Å². The van der Waals surface area contributed by atoms with Gasteiger partial charge in [0.2, 0.25) is 5.91 Å². The fourth-order valence-corrected chi connectivity index (χ4v) is 4.35. The van der Waals surface area contributed by atoms with Crippen LogP contribution >= 0.6 is 0 Å². The van der Waals surface area contributed by atoms with Gasteiger partial charge in [-0.25, -0.2) is 0 Å². The molecule has 1 aromatic heterocycles. The van der Waals surface area contributed by atoms with Gasteiger partial charge in [-0.05, 0) is 57.2 Å². The standard InChI is InChI=1S/C18H30N4O/c1-20(11-7-8-16-14-19-21(2)15-16)17(23)18(9-3-4-10-18)22-12-5-6-13-22/h14-15H,3-13H2,1-2H3. The van der Waals surface area contributed by atoms with Crippen LogP contribution in [-0.2, 0) is 18.3 Å². The number of amides is 1. The van der Waals surface area contributed by atoms with Crippen molar-refractivity contribution in [2.75, 3.05) is 26.7 Å². The molecule has 1 saturated carbocycles. The molecule has 128 valence electrons. The number of likely N-dealkylation sites (N-methyl/N-ethyl adjacent to an activating group) is 1. The SMILES string of the molecule is CN(CCCc1cnn(C)c1)C(=O)C1(N2CCCC2)CCCC1. The minimum atomic E-state index is -0.181. The lowest BCUT2D eigenvalue weighted by Crippen LogP contribution is -2.56. The molecule has 2 aliphatic rings. The molecule has 0 unspecified atom stereocenters. The Morgan fingerprint density at radius 2 is 1.96 bits per heavy atom. The molecule has 5 nitrogen and oxygen atoms in total. The number of hydrogen-bond donors (Lipinski definition) is 0. The van der Waals surface area contributed by atoms with E-state index >= 15 is 0 Å². The van der Waals surface area contributed by atoms with Crippen LogP contribution in [0.3, 0.4) is 0 Å². The molecular weight excluding hydrogens is 288 g/mol. The number of rotatable bonds is 6. The topological polar surface area (TPSA) is 41.4 Å². The Bertz CT molecular complexity index is 527. The zero-order valence-electron chi connectivity index (χ0n) is 14.6. The second kappa shape index (κ2) is 7.04. The summed E-state index contributed by atoms with van der Waals surface area (Å²) >= 11 is 0. The first kappa shape index (κ1) is 16.5. The van der Waals surface area contributed by atoms with Crippen LogP contribution in [-0.4, -0.2) is 57.7 Å². The Morgan fingerprint density at radius 3 is 2.57 bits per heavy atom. The molecule has 1 aromatic rings. The van der Waals surface area contributed by atoms with Gasteiger partial charge in [-0.15, -0.1) is 0 Å². The van der Waals surface area contributed by atoms with Crippen molar-refractivity contribution in [3.63, 3.8) is 0 Å². The largest absolute Gasteiger partial charge is 0.344 e. The minimum Gasteiger partial charge on any atom is -0.344 e. The molecule has 0 spiro atoms. The van der Waals surface area contributed by atoms with E-state index in [4.69, 9.17) is 0 Å². The summed E-state index contributed by atoms with van der Waals surface area (Å²) < 4.78 is 1.84. The first-order valence-electron chi connectivity index (χ1n) is 9.10. The molecule has 1 aliphatic carbocycles. The van der Waals surface area contributed by atoms with Gasteiger partial charge in [0.1, 0.15) is 5.54 Å². The van der Waals surface area contributed by atoms with Crippen molar-refractivity contribution in [1.82, 2.24) is 19.6 Å². The van der Waals surface area contributed by atoms with Crippen molar-refractivity contribution in [1.29, 1.82) is 0 Å². The van der Waals surface area contributed by atoms with Gasteiger partial charge in [0, 0.05) is 26.8 Å². The molecule has 1 amide bonds. The summed E-state index contributed by atoms with van der Waals surface area (Å²) in [6.45, 7) is 3.05. The molecule has 0 atom stereocenters.